The molecule has 1 saturated heterocycles. The van der Waals surface area contributed by atoms with Crippen molar-refractivity contribution in [2.45, 2.75) is 71.6 Å². The van der Waals surface area contributed by atoms with Gasteiger partial charge in [0, 0.05) is 18.5 Å². The summed E-state index contributed by atoms with van der Waals surface area (Å²) in [6.45, 7) is 13.2. The summed E-state index contributed by atoms with van der Waals surface area (Å²) in [5.41, 5.74) is 6.64. The molecule has 0 radical (unpaired) electrons. The predicted molar refractivity (Wildman–Crippen MR) is 125 cm³/mol. The lowest BCUT2D eigenvalue weighted by Gasteiger charge is -2.51. The lowest BCUT2D eigenvalue weighted by Crippen LogP contribution is -2.53. The van der Waals surface area contributed by atoms with Crippen molar-refractivity contribution < 1.29 is 0 Å². The Kier molecular flexibility index (Phi) is 5.89. The summed E-state index contributed by atoms with van der Waals surface area (Å²) in [6.07, 6.45) is 7.96. The van der Waals surface area contributed by atoms with E-state index in [0.29, 0.717) is 10.8 Å². The van der Waals surface area contributed by atoms with E-state index >= 15 is 0 Å². The first-order valence-corrected chi connectivity index (χ1v) is 11.7. The molecule has 0 spiro atoms. The summed E-state index contributed by atoms with van der Waals surface area (Å²) in [7, 11) is 0. The van der Waals surface area contributed by atoms with Crippen LogP contribution >= 0.6 is 0 Å². The Morgan fingerprint density at radius 3 is 2.14 bits per heavy atom. The predicted octanol–water partition coefficient (Wildman–Crippen LogP) is 6.71. The van der Waals surface area contributed by atoms with Crippen LogP contribution in [0.15, 0.2) is 48.5 Å². The fourth-order valence-electron chi connectivity index (χ4n) is 5.59. The van der Waals surface area contributed by atoms with Gasteiger partial charge in [-0.25, -0.2) is 0 Å². The van der Waals surface area contributed by atoms with Crippen LogP contribution in [0.5, 0.6) is 0 Å². The van der Waals surface area contributed by atoms with Crippen LogP contribution in [-0.4, -0.2) is 24.5 Å². The second-order valence-corrected chi connectivity index (χ2v) is 10.5. The first kappa shape index (κ1) is 20.7. The zero-order valence-corrected chi connectivity index (χ0v) is 19.0. The van der Waals surface area contributed by atoms with Gasteiger partial charge in [-0.2, -0.15) is 0 Å². The van der Waals surface area contributed by atoms with E-state index in [-0.39, 0.29) is 0 Å². The molecule has 2 atom stereocenters. The second kappa shape index (κ2) is 8.26. The van der Waals surface area contributed by atoms with Gasteiger partial charge in [0.05, 0.1) is 0 Å². The van der Waals surface area contributed by atoms with Crippen LogP contribution in [0, 0.1) is 25.2 Å². The zero-order chi connectivity index (χ0) is 20.5. The van der Waals surface area contributed by atoms with Gasteiger partial charge in [0.2, 0.25) is 0 Å². The van der Waals surface area contributed by atoms with Crippen LogP contribution in [-0.2, 0) is 11.8 Å². The maximum Gasteiger partial charge on any atom is 0.00803 e. The average Bonchev–Trinajstić information content (AvgIpc) is 2.68. The Hall–Kier alpha value is -1.60. The first-order valence-electron chi connectivity index (χ1n) is 11.7. The summed E-state index contributed by atoms with van der Waals surface area (Å²) in [4.78, 5) is 2.81. The van der Waals surface area contributed by atoms with Crippen molar-refractivity contribution in [3.63, 3.8) is 0 Å². The molecule has 0 N–H and O–H groups in total. The molecule has 4 rings (SSSR count). The van der Waals surface area contributed by atoms with Gasteiger partial charge in [-0.15, -0.1) is 0 Å². The third-order valence-corrected chi connectivity index (χ3v) is 8.26. The van der Waals surface area contributed by atoms with E-state index < -0.39 is 0 Å². The first-order chi connectivity index (χ1) is 13.9. The number of hydrogen-bond donors (Lipinski definition) is 0. The molecule has 0 unspecified atom stereocenters. The summed E-state index contributed by atoms with van der Waals surface area (Å²) >= 11 is 0. The number of piperidine rings is 1. The van der Waals surface area contributed by atoms with E-state index in [1.165, 1.54) is 74.8 Å². The molecule has 0 bridgehead atoms. The molecule has 1 nitrogen and oxygen atoms in total. The quantitative estimate of drug-likeness (QED) is 0.531. The van der Waals surface area contributed by atoms with Crippen LogP contribution in [0.25, 0.3) is 0 Å². The lowest BCUT2D eigenvalue weighted by molar-refractivity contribution is 0.0174. The van der Waals surface area contributed by atoms with Gasteiger partial charge >= 0.3 is 0 Å². The monoisotopic (exact) mass is 389 g/mol. The van der Waals surface area contributed by atoms with Crippen LogP contribution in [0.1, 0.15) is 68.2 Å². The van der Waals surface area contributed by atoms with Gasteiger partial charge < -0.3 is 4.90 Å². The van der Waals surface area contributed by atoms with Gasteiger partial charge in [0.1, 0.15) is 0 Å². The van der Waals surface area contributed by atoms with Gasteiger partial charge in [0.15, 0.2) is 0 Å². The second-order valence-electron chi connectivity index (χ2n) is 10.5. The molecule has 1 saturated carbocycles. The Morgan fingerprint density at radius 2 is 1.55 bits per heavy atom. The highest BCUT2D eigenvalue weighted by atomic mass is 15.1. The Bertz CT molecular complexity index is 799. The van der Waals surface area contributed by atoms with Gasteiger partial charge in [-0.1, -0.05) is 79.9 Å². The molecular weight excluding hydrogens is 350 g/mol. The maximum atomic E-state index is 2.81. The smallest absolute Gasteiger partial charge is 0.00803 e. The molecule has 2 aromatic rings. The summed E-state index contributed by atoms with van der Waals surface area (Å²) < 4.78 is 0. The van der Waals surface area contributed by atoms with Gasteiger partial charge in [-0.3, -0.25) is 0 Å². The van der Waals surface area contributed by atoms with E-state index in [0.717, 1.165) is 5.92 Å². The molecule has 1 aliphatic heterocycles. The summed E-state index contributed by atoms with van der Waals surface area (Å²) in [5.74, 6) is 0.806. The molecule has 29 heavy (non-hydrogen) atoms. The molecule has 2 aromatic carbocycles. The molecule has 1 aliphatic carbocycles. The third kappa shape index (κ3) is 4.45. The van der Waals surface area contributed by atoms with Crippen LogP contribution in [0.4, 0.5) is 0 Å². The number of aryl methyl sites for hydroxylation is 3. The molecule has 0 amide bonds. The van der Waals surface area contributed by atoms with E-state index in [9.17, 15) is 0 Å². The fraction of sp³-hybridized carbons (Fsp3) is 0.571. The van der Waals surface area contributed by atoms with E-state index in [4.69, 9.17) is 0 Å². The lowest BCUT2D eigenvalue weighted by atomic mass is 9.63. The Balaban J connectivity index is 1.43. The van der Waals surface area contributed by atoms with Crippen molar-refractivity contribution in [2.75, 3.05) is 19.6 Å². The Labute approximate surface area is 178 Å². The molecule has 156 valence electrons. The summed E-state index contributed by atoms with van der Waals surface area (Å²) in [6, 6.07) is 18.6. The topological polar surface area (TPSA) is 3.24 Å². The summed E-state index contributed by atoms with van der Waals surface area (Å²) in [5, 5.41) is 0. The third-order valence-electron chi connectivity index (χ3n) is 8.26. The number of rotatable bonds is 6. The highest BCUT2D eigenvalue weighted by Gasteiger charge is 2.43. The molecule has 0 aromatic heterocycles. The fourth-order valence-corrected chi connectivity index (χ4v) is 5.59. The Morgan fingerprint density at radius 1 is 0.931 bits per heavy atom. The zero-order valence-electron chi connectivity index (χ0n) is 19.0. The van der Waals surface area contributed by atoms with Crippen molar-refractivity contribution in [1.29, 1.82) is 0 Å². The van der Waals surface area contributed by atoms with Crippen LogP contribution in [0.2, 0.25) is 0 Å². The molecule has 1 heteroatoms. The van der Waals surface area contributed by atoms with Crippen LogP contribution < -0.4 is 0 Å². The van der Waals surface area contributed by atoms with E-state index in [2.05, 4.69) is 81.1 Å². The van der Waals surface area contributed by atoms with Crippen molar-refractivity contribution in [2.24, 2.45) is 11.3 Å². The number of benzene rings is 2. The van der Waals surface area contributed by atoms with Gasteiger partial charge in [-0.05, 0) is 75.0 Å². The normalized spacial score (nSPS) is 26.8. The minimum absolute atomic E-state index is 0.409. The average molecular weight is 390 g/mol. The van der Waals surface area contributed by atoms with Crippen molar-refractivity contribution in [3.05, 3.63) is 70.8 Å². The largest absolute Gasteiger partial charge is 0.302 e. The van der Waals surface area contributed by atoms with Crippen molar-refractivity contribution in [1.82, 2.24) is 4.90 Å². The SMILES string of the molecule is Cc1ccc(CC[C@]2(C)CN(CC3(c4ccc(C)cc4)CCC3)CC[C@H]2C)cc1. The van der Waals surface area contributed by atoms with E-state index in [1.807, 2.05) is 0 Å². The van der Waals surface area contributed by atoms with Crippen LogP contribution in [0.3, 0.4) is 0 Å². The minimum atomic E-state index is 0.409. The molecule has 2 fully saturated rings. The minimum Gasteiger partial charge on any atom is -0.302 e. The molecule has 2 aliphatic rings. The van der Waals surface area contributed by atoms with Gasteiger partial charge in [0.25, 0.3) is 0 Å². The van der Waals surface area contributed by atoms with Crippen molar-refractivity contribution in [3.8, 4) is 0 Å². The molecule has 1 heterocycles. The maximum absolute atomic E-state index is 2.81. The van der Waals surface area contributed by atoms with Crippen molar-refractivity contribution >= 4 is 0 Å². The van der Waals surface area contributed by atoms with E-state index in [1.54, 1.807) is 5.56 Å². The highest BCUT2D eigenvalue weighted by Crippen LogP contribution is 2.46. The number of likely N-dealkylation sites (tertiary alicyclic amines) is 1. The number of hydrogen-bond acceptors (Lipinski definition) is 1. The highest BCUT2D eigenvalue weighted by molar-refractivity contribution is 5.31. The molecular formula is C28H39N. The number of nitrogens with zero attached hydrogens (tertiary/aromatic N) is 1. The standard InChI is InChI=1S/C28H39N/c1-22-6-10-25(11-7-22)14-18-27(4)20-29(19-15-24(27)3)21-28(16-5-17-28)26-12-8-23(2)9-13-26/h6-13,24H,5,14-21H2,1-4H3/t24-,27-/m1/s1.